The Bertz CT molecular complexity index is 630. The van der Waals surface area contributed by atoms with Gasteiger partial charge in [-0.1, -0.05) is 18.9 Å². The van der Waals surface area contributed by atoms with E-state index in [4.69, 9.17) is 4.74 Å². The van der Waals surface area contributed by atoms with Crippen LogP contribution in [0, 0.1) is 13.8 Å². The lowest BCUT2D eigenvalue weighted by atomic mass is 9.92. The Morgan fingerprint density at radius 1 is 1.04 bits per heavy atom. The number of likely N-dealkylation sites (tertiary alicyclic amines) is 2. The summed E-state index contributed by atoms with van der Waals surface area (Å²) < 4.78 is 5.87. The summed E-state index contributed by atoms with van der Waals surface area (Å²) in [7, 11) is 0. The number of amides is 1. The first-order chi connectivity index (χ1) is 13.0. The van der Waals surface area contributed by atoms with Gasteiger partial charge in [-0.2, -0.15) is 0 Å². The van der Waals surface area contributed by atoms with Gasteiger partial charge in [-0.05, 0) is 62.8 Å². The molecule has 1 aromatic rings. The summed E-state index contributed by atoms with van der Waals surface area (Å²) in [5.41, 5.74) is 1.63. The van der Waals surface area contributed by atoms with Gasteiger partial charge in [0.2, 0.25) is 5.91 Å². The average Bonchev–Trinajstić information content (AvgIpc) is 2.94. The van der Waals surface area contributed by atoms with Gasteiger partial charge in [0.05, 0.1) is 6.54 Å². The molecule has 5 heteroatoms. The highest BCUT2D eigenvalue weighted by molar-refractivity contribution is 5.78. The first-order valence-electron chi connectivity index (χ1n) is 10.4. The fourth-order valence-electron chi connectivity index (χ4n) is 3.90. The van der Waals surface area contributed by atoms with Crippen LogP contribution in [-0.2, 0) is 4.79 Å². The quantitative estimate of drug-likeness (QED) is 0.861. The standard InChI is InChI=1S/C22H34N2O3/c1-18-7-8-20(15-19(18)2)27-17-22(26)9-13-23(14-10-22)16-21(25)24-11-5-3-4-6-12-24/h7-8,15,26H,3-6,9-14,16-17H2,1-2H3. The van der Waals surface area contributed by atoms with Gasteiger partial charge in [-0.3, -0.25) is 9.69 Å². The molecule has 1 amide bonds. The smallest absolute Gasteiger partial charge is 0.236 e. The predicted molar refractivity (Wildman–Crippen MR) is 107 cm³/mol. The Morgan fingerprint density at radius 2 is 1.70 bits per heavy atom. The Hall–Kier alpha value is -1.59. The summed E-state index contributed by atoms with van der Waals surface area (Å²) in [6.45, 7) is 8.23. The summed E-state index contributed by atoms with van der Waals surface area (Å²) in [4.78, 5) is 16.8. The van der Waals surface area contributed by atoms with Crippen molar-refractivity contribution in [3.63, 3.8) is 0 Å². The fraction of sp³-hybridized carbons (Fsp3) is 0.682. The van der Waals surface area contributed by atoms with Crippen molar-refractivity contribution in [3.8, 4) is 5.75 Å². The van der Waals surface area contributed by atoms with Crippen LogP contribution in [0.5, 0.6) is 5.75 Å². The molecule has 0 aromatic heterocycles. The molecule has 0 bridgehead atoms. The average molecular weight is 375 g/mol. The second-order valence-corrected chi connectivity index (χ2v) is 8.33. The van der Waals surface area contributed by atoms with Gasteiger partial charge < -0.3 is 14.7 Å². The summed E-state index contributed by atoms with van der Waals surface area (Å²) in [6, 6.07) is 6.03. The molecular weight excluding hydrogens is 340 g/mol. The van der Waals surface area contributed by atoms with Gasteiger partial charge in [0.25, 0.3) is 0 Å². The zero-order valence-corrected chi connectivity index (χ0v) is 16.9. The fourth-order valence-corrected chi connectivity index (χ4v) is 3.90. The number of ether oxygens (including phenoxy) is 1. The first-order valence-corrected chi connectivity index (χ1v) is 10.4. The van der Waals surface area contributed by atoms with Crippen molar-refractivity contribution < 1.29 is 14.6 Å². The molecule has 0 unspecified atom stereocenters. The van der Waals surface area contributed by atoms with E-state index in [0.717, 1.165) is 44.8 Å². The molecule has 0 radical (unpaired) electrons. The Morgan fingerprint density at radius 3 is 2.33 bits per heavy atom. The number of rotatable bonds is 5. The lowest BCUT2D eigenvalue weighted by molar-refractivity contribution is -0.134. The lowest BCUT2D eigenvalue weighted by Gasteiger charge is -2.38. The highest BCUT2D eigenvalue weighted by Crippen LogP contribution is 2.25. The van der Waals surface area contributed by atoms with Crippen LogP contribution in [-0.4, -0.2) is 65.7 Å². The van der Waals surface area contributed by atoms with Gasteiger partial charge in [0.15, 0.2) is 0 Å². The summed E-state index contributed by atoms with van der Waals surface area (Å²) in [5, 5.41) is 10.8. The van der Waals surface area contributed by atoms with Gasteiger partial charge in [-0.25, -0.2) is 0 Å². The number of carbonyl (C=O) groups is 1. The van der Waals surface area contributed by atoms with Gasteiger partial charge in [0, 0.05) is 26.2 Å². The molecule has 1 N–H and O–H groups in total. The molecular formula is C22H34N2O3. The van der Waals surface area contributed by atoms with Crippen LogP contribution in [0.4, 0.5) is 0 Å². The van der Waals surface area contributed by atoms with Crippen molar-refractivity contribution in [2.75, 3.05) is 39.3 Å². The third kappa shape index (κ3) is 5.69. The van der Waals surface area contributed by atoms with Crippen molar-refractivity contribution >= 4 is 5.91 Å². The number of aliphatic hydroxyl groups is 1. The first kappa shape index (κ1) is 20.2. The molecule has 5 nitrogen and oxygen atoms in total. The molecule has 27 heavy (non-hydrogen) atoms. The van der Waals surface area contributed by atoms with E-state index in [1.165, 1.54) is 24.0 Å². The van der Waals surface area contributed by atoms with E-state index in [0.29, 0.717) is 26.0 Å². The summed E-state index contributed by atoms with van der Waals surface area (Å²) in [6.07, 6.45) is 6.01. The number of hydrogen-bond acceptors (Lipinski definition) is 4. The molecule has 2 fully saturated rings. The van der Waals surface area contributed by atoms with Gasteiger partial charge in [-0.15, -0.1) is 0 Å². The van der Waals surface area contributed by atoms with E-state index in [-0.39, 0.29) is 5.91 Å². The second kappa shape index (κ2) is 9.07. The maximum atomic E-state index is 12.5. The molecule has 0 spiro atoms. The number of benzene rings is 1. The topological polar surface area (TPSA) is 53.0 Å². The predicted octanol–water partition coefficient (Wildman–Crippen LogP) is 2.91. The summed E-state index contributed by atoms with van der Waals surface area (Å²) in [5.74, 6) is 1.05. The molecule has 2 aliphatic rings. The van der Waals surface area contributed by atoms with Gasteiger partial charge in [0.1, 0.15) is 18.0 Å². The molecule has 150 valence electrons. The third-order valence-electron chi connectivity index (χ3n) is 6.09. The van der Waals surface area contributed by atoms with Crippen LogP contribution in [0.3, 0.4) is 0 Å². The molecule has 3 rings (SSSR count). The summed E-state index contributed by atoms with van der Waals surface area (Å²) >= 11 is 0. The normalized spacial score (nSPS) is 20.9. The highest BCUT2D eigenvalue weighted by atomic mass is 16.5. The maximum Gasteiger partial charge on any atom is 0.236 e. The molecule has 1 aromatic carbocycles. The number of hydrogen-bond donors (Lipinski definition) is 1. The molecule has 2 aliphatic heterocycles. The van der Waals surface area contributed by atoms with Crippen molar-refractivity contribution in [2.24, 2.45) is 0 Å². The van der Waals surface area contributed by atoms with Crippen molar-refractivity contribution in [2.45, 2.75) is 58.0 Å². The zero-order chi connectivity index (χ0) is 19.3. The van der Waals surface area contributed by atoms with Crippen molar-refractivity contribution in [1.29, 1.82) is 0 Å². The minimum absolute atomic E-state index is 0.244. The largest absolute Gasteiger partial charge is 0.491 e. The van der Waals surface area contributed by atoms with Crippen LogP contribution in [0.2, 0.25) is 0 Å². The van der Waals surface area contributed by atoms with E-state index >= 15 is 0 Å². The van der Waals surface area contributed by atoms with E-state index < -0.39 is 5.60 Å². The zero-order valence-electron chi connectivity index (χ0n) is 16.9. The van der Waals surface area contributed by atoms with Crippen LogP contribution >= 0.6 is 0 Å². The number of nitrogens with zero attached hydrogens (tertiary/aromatic N) is 2. The maximum absolute atomic E-state index is 12.5. The van der Waals surface area contributed by atoms with Crippen LogP contribution in [0.25, 0.3) is 0 Å². The number of aryl methyl sites for hydroxylation is 2. The highest BCUT2D eigenvalue weighted by Gasteiger charge is 2.34. The van der Waals surface area contributed by atoms with Crippen molar-refractivity contribution in [3.05, 3.63) is 29.3 Å². The molecule has 0 aliphatic carbocycles. The van der Waals surface area contributed by atoms with Crippen LogP contribution in [0.15, 0.2) is 18.2 Å². The van der Waals surface area contributed by atoms with Gasteiger partial charge >= 0.3 is 0 Å². The number of piperidine rings is 1. The van der Waals surface area contributed by atoms with Crippen LogP contribution in [0.1, 0.15) is 49.7 Å². The van der Waals surface area contributed by atoms with E-state index in [1.54, 1.807) is 0 Å². The minimum atomic E-state index is -0.805. The minimum Gasteiger partial charge on any atom is -0.491 e. The van der Waals surface area contributed by atoms with Crippen LogP contribution < -0.4 is 4.74 Å². The van der Waals surface area contributed by atoms with E-state index in [1.807, 2.05) is 23.1 Å². The monoisotopic (exact) mass is 374 g/mol. The van der Waals surface area contributed by atoms with E-state index in [2.05, 4.69) is 18.7 Å². The Labute approximate surface area is 163 Å². The SMILES string of the molecule is Cc1ccc(OCC2(O)CCN(CC(=O)N3CCCCCC3)CC2)cc1C. The Balaban J connectivity index is 1.44. The second-order valence-electron chi connectivity index (χ2n) is 8.33. The van der Waals surface area contributed by atoms with Crippen molar-refractivity contribution in [1.82, 2.24) is 9.80 Å². The molecule has 0 atom stereocenters. The Kier molecular flexibility index (Phi) is 6.77. The molecule has 2 saturated heterocycles. The lowest BCUT2D eigenvalue weighted by Crippen LogP contribution is -2.50. The third-order valence-corrected chi connectivity index (χ3v) is 6.09. The molecule has 2 heterocycles. The number of carbonyl (C=O) groups excluding carboxylic acids is 1. The van der Waals surface area contributed by atoms with E-state index in [9.17, 15) is 9.90 Å². The molecule has 0 saturated carbocycles.